The van der Waals surface area contributed by atoms with Crippen molar-refractivity contribution in [2.24, 2.45) is 17.8 Å². The van der Waals surface area contributed by atoms with Crippen LogP contribution >= 0.6 is 0 Å². The highest BCUT2D eigenvalue weighted by Crippen LogP contribution is 2.51. The molecule has 2 saturated heterocycles. The first-order valence-electron chi connectivity index (χ1n) is 21.9. The van der Waals surface area contributed by atoms with E-state index < -0.39 is 20.2 Å². The van der Waals surface area contributed by atoms with E-state index in [2.05, 4.69) is 87.5 Å². The van der Waals surface area contributed by atoms with Crippen LogP contribution in [0.5, 0.6) is 5.75 Å². The summed E-state index contributed by atoms with van der Waals surface area (Å²) in [5.74, 6) is -0.734. The fourth-order valence-electron chi connectivity index (χ4n) is 11.0. The van der Waals surface area contributed by atoms with E-state index in [0.717, 1.165) is 70.9 Å². The molecule has 4 aromatic carbocycles. The quantitative estimate of drug-likeness (QED) is 0.0812. The third-order valence-corrected chi connectivity index (χ3v) is 18.8. The van der Waals surface area contributed by atoms with Gasteiger partial charge in [0.15, 0.2) is 0 Å². The minimum absolute atomic E-state index is 0.00356. The number of phenols is 1. The van der Waals surface area contributed by atoms with E-state index in [1.54, 1.807) is 11.0 Å². The number of phenolic OH excluding ortho intramolecular Hbond substituents is 1. The van der Waals surface area contributed by atoms with Crippen LogP contribution in [0.2, 0.25) is 5.04 Å². The lowest BCUT2D eigenvalue weighted by Gasteiger charge is -2.44. The Hall–Kier alpha value is -5.15. The van der Waals surface area contributed by atoms with Gasteiger partial charge >= 0.3 is 0 Å². The van der Waals surface area contributed by atoms with Gasteiger partial charge in [-0.05, 0) is 99.5 Å². The van der Waals surface area contributed by atoms with Crippen LogP contribution in [0.15, 0.2) is 133 Å². The van der Waals surface area contributed by atoms with Gasteiger partial charge in [-0.3, -0.25) is 19.5 Å². The molecule has 5 aromatic rings. The summed E-state index contributed by atoms with van der Waals surface area (Å²) in [5.41, 5.74) is 5.24. The van der Waals surface area contributed by atoms with Crippen LogP contribution in [0, 0.1) is 17.8 Å². The van der Waals surface area contributed by atoms with E-state index in [-0.39, 0.29) is 40.7 Å². The Morgan fingerprint density at radius 3 is 2.15 bits per heavy atom. The number of aromatic hydroxyl groups is 1. The standard InChI is InChI=1S/C52H56N2O5Si/c1-52(2,3)60(39-19-9-5-10-20-39,40-21-11-6-12-22-40)59-33-37-32-43-49(51(57)54(50(43)56)38-17-7-4-8-18-38)44-34-58-47(48(37)44)29-27-36(45-25-15-16-30-53-45)31-35-26-28-46(55)42-24-14-13-23-41(35)42/h5-6,9-16,19-26,28,30-31,38,43-44,47,49,55H,4,7-8,17-18,27,29,32-34H2,1-3H3/b36-31-/t43-,44+,47-,49-/m1/s1. The average molecular weight is 817 g/mol. The van der Waals surface area contributed by atoms with Crippen molar-refractivity contribution in [1.29, 1.82) is 0 Å². The molecule has 4 aliphatic rings. The molecule has 8 heteroatoms. The Morgan fingerprint density at radius 2 is 1.48 bits per heavy atom. The zero-order valence-corrected chi connectivity index (χ0v) is 36.1. The number of allylic oxidation sites excluding steroid dienone is 1. The number of imide groups is 1. The Morgan fingerprint density at radius 1 is 0.817 bits per heavy atom. The highest BCUT2D eigenvalue weighted by molar-refractivity contribution is 6.99. The van der Waals surface area contributed by atoms with Crippen LogP contribution in [-0.2, 0) is 18.8 Å². The molecular weight excluding hydrogens is 761 g/mol. The molecule has 7 nitrogen and oxygen atoms in total. The molecule has 2 aliphatic carbocycles. The van der Waals surface area contributed by atoms with Crippen LogP contribution in [-0.4, -0.2) is 60.5 Å². The fraction of sp³-hybridized carbons (Fsp3) is 0.365. The molecule has 2 amide bonds. The topological polar surface area (TPSA) is 89.0 Å². The first-order valence-corrected chi connectivity index (χ1v) is 23.8. The number of benzene rings is 4. The van der Waals surface area contributed by atoms with E-state index in [4.69, 9.17) is 14.1 Å². The van der Waals surface area contributed by atoms with Gasteiger partial charge in [0.2, 0.25) is 11.8 Å². The summed E-state index contributed by atoms with van der Waals surface area (Å²) in [7, 11) is -2.93. The Kier molecular flexibility index (Phi) is 11.2. The number of nitrogens with zero attached hydrogens (tertiary/aromatic N) is 2. The molecule has 0 bridgehead atoms. The normalized spacial score (nSPS) is 22.7. The van der Waals surface area contributed by atoms with Crippen molar-refractivity contribution >= 4 is 52.9 Å². The molecular formula is C52H56N2O5Si. The lowest BCUT2D eigenvalue weighted by molar-refractivity contribution is -0.143. The summed E-state index contributed by atoms with van der Waals surface area (Å²) in [5, 5.41) is 14.6. The minimum atomic E-state index is -2.93. The van der Waals surface area contributed by atoms with Crippen molar-refractivity contribution in [1.82, 2.24) is 9.88 Å². The maximum absolute atomic E-state index is 14.6. The summed E-state index contributed by atoms with van der Waals surface area (Å²) in [6.45, 7) is 7.66. The highest BCUT2D eigenvalue weighted by Gasteiger charge is 2.59. The van der Waals surface area contributed by atoms with Gasteiger partial charge in [0.25, 0.3) is 8.32 Å². The fourth-order valence-corrected chi connectivity index (χ4v) is 15.6. The molecule has 0 spiro atoms. The number of ether oxygens (including phenoxy) is 1. The molecule has 0 unspecified atom stereocenters. The second-order valence-electron chi connectivity index (χ2n) is 18.3. The molecule has 60 heavy (non-hydrogen) atoms. The molecule has 0 radical (unpaired) electrons. The van der Waals surface area contributed by atoms with Crippen LogP contribution in [0.3, 0.4) is 0 Å². The molecule has 1 aromatic heterocycles. The number of hydrogen-bond acceptors (Lipinski definition) is 6. The molecule has 3 heterocycles. The summed E-state index contributed by atoms with van der Waals surface area (Å²) in [6.07, 6.45) is 10.7. The second kappa shape index (κ2) is 16.7. The van der Waals surface area contributed by atoms with Crippen LogP contribution in [0.4, 0.5) is 0 Å². The molecule has 4 atom stereocenters. The van der Waals surface area contributed by atoms with Gasteiger partial charge in [0, 0.05) is 23.5 Å². The molecule has 3 fully saturated rings. The first kappa shape index (κ1) is 40.3. The van der Waals surface area contributed by atoms with E-state index in [0.29, 0.717) is 32.5 Å². The lowest BCUT2D eigenvalue weighted by Crippen LogP contribution is -2.66. The largest absolute Gasteiger partial charge is 0.507 e. The number of likely N-dealkylation sites (tertiary alicyclic amines) is 1. The lowest BCUT2D eigenvalue weighted by atomic mass is 9.69. The number of amides is 2. The van der Waals surface area contributed by atoms with Gasteiger partial charge in [-0.15, -0.1) is 0 Å². The van der Waals surface area contributed by atoms with Gasteiger partial charge in [0.1, 0.15) is 5.75 Å². The zero-order valence-electron chi connectivity index (χ0n) is 35.1. The number of pyridine rings is 1. The number of hydrogen-bond donors (Lipinski definition) is 1. The van der Waals surface area contributed by atoms with Gasteiger partial charge < -0.3 is 14.3 Å². The van der Waals surface area contributed by atoms with Crippen molar-refractivity contribution in [3.63, 3.8) is 0 Å². The van der Waals surface area contributed by atoms with E-state index >= 15 is 0 Å². The van der Waals surface area contributed by atoms with E-state index in [1.165, 1.54) is 10.4 Å². The van der Waals surface area contributed by atoms with E-state index in [1.807, 2.05) is 54.7 Å². The molecule has 9 rings (SSSR count). The van der Waals surface area contributed by atoms with Crippen molar-refractivity contribution < 1.29 is 23.9 Å². The number of aromatic nitrogens is 1. The number of fused-ring (bicyclic) bond motifs is 4. The first-order chi connectivity index (χ1) is 29.2. The second-order valence-corrected chi connectivity index (χ2v) is 22.6. The minimum Gasteiger partial charge on any atom is -0.507 e. The van der Waals surface area contributed by atoms with Crippen LogP contribution < -0.4 is 10.4 Å². The van der Waals surface area contributed by atoms with Gasteiger partial charge in [-0.1, -0.05) is 137 Å². The summed E-state index contributed by atoms with van der Waals surface area (Å²) in [4.78, 5) is 35.6. The average Bonchev–Trinajstić information content (AvgIpc) is 3.81. The predicted molar refractivity (Wildman–Crippen MR) is 241 cm³/mol. The molecule has 2 aliphatic heterocycles. The van der Waals surface area contributed by atoms with Gasteiger partial charge in [-0.2, -0.15) is 0 Å². The predicted octanol–water partition coefficient (Wildman–Crippen LogP) is 9.49. The highest BCUT2D eigenvalue weighted by atomic mass is 28.4. The SMILES string of the molecule is CC(C)(C)[Si](OCC1=C2[C@@H](CC/C(=C/c3ccc(O)c4ccccc34)c3ccccn3)OC[C@@H]2[C@@H]2C(=O)N(C3CCCCC3)C(=O)[C@@H]2C1)(c1ccccc1)c1ccccc1. The maximum atomic E-state index is 14.6. The third kappa shape index (κ3) is 7.26. The Labute approximate surface area is 355 Å². The summed E-state index contributed by atoms with van der Waals surface area (Å²) >= 11 is 0. The molecule has 1 saturated carbocycles. The zero-order chi connectivity index (χ0) is 41.4. The molecule has 1 N–H and O–H groups in total. The van der Waals surface area contributed by atoms with Crippen molar-refractivity contribution in [3.8, 4) is 5.75 Å². The van der Waals surface area contributed by atoms with Crippen molar-refractivity contribution in [2.75, 3.05) is 13.2 Å². The monoisotopic (exact) mass is 816 g/mol. The van der Waals surface area contributed by atoms with Gasteiger partial charge in [0.05, 0.1) is 36.8 Å². The van der Waals surface area contributed by atoms with E-state index in [9.17, 15) is 14.7 Å². The van der Waals surface area contributed by atoms with Crippen molar-refractivity contribution in [2.45, 2.75) is 89.3 Å². The number of carbonyl (C=O) groups excluding carboxylic acids is 2. The summed E-state index contributed by atoms with van der Waals surface area (Å²) < 4.78 is 14.4. The third-order valence-electron chi connectivity index (χ3n) is 13.8. The number of carbonyl (C=O) groups is 2. The Balaban J connectivity index is 1.11. The van der Waals surface area contributed by atoms with Gasteiger partial charge in [-0.25, -0.2) is 0 Å². The smallest absolute Gasteiger partial charge is 0.261 e. The summed E-state index contributed by atoms with van der Waals surface area (Å²) in [6, 6.07) is 39.0. The maximum Gasteiger partial charge on any atom is 0.261 e. The van der Waals surface area contributed by atoms with Crippen molar-refractivity contribution in [3.05, 3.63) is 144 Å². The van der Waals surface area contributed by atoms with Crippen LogP contribution in [0.1, 0.15) is 83.4 Å². The number of rotatable bonds is 11. The Bertz CT molecular complexity index is 2380. The van der Waals surface area contributed by atoms with Crippen LogP contribution in [0.25, 0.3) is 22.4 Å². The molecule has 308 valence electrons.